The van der Waals surface area contributed by atoms with Crippen LogP contribution in [0.4, 0.5) is 5.69 Å². The van der Waals surface area contributed by atoms with Crippen LogP contribution in [0.5, 0.6) is 0 Å². The highest BCUT2D eigenvalue weighted by Gasteiger charge is 2.08. The second-order valence-electron chi connectivity index (χ2n) is 4.21. The zero-order chi connectivity index (χ0) is 12.1. The molecule has 1 aromatic rings. The topological polar surface area (TPSA) is 53.1 Å². The van der Waals surface area contributed by atoms with Gasteiger partial charge in [0.2, 0.25) is 0 Å². The van der Waals surface area contributed by atoms with Crippen molar-refractivity contribution in [3.63, 3.8) is 0 Å². The van der Waals surface area contributed by atoms with E-state index >= 15 is 0 Å². The van der Waals surface area contributed by atoms with E-state index in [9.17, 15) is 0 Å². The number of anilines is 1. The van der Waals surface area contributed by atoms with Gasteiger partial charge in [-0.2, -0.15) is 0 Å². The third-order valence-electron chi connectivity index (χ3n) is 2.95. The maximum atomic E-state index is 7.33. The third kappa shape index (κ3) is 2.99. The minimum atomic E-state index is 0.121. The minimum absolute atomic E-state index is 0.121. The Morgan fingerprint density at radius 3 is 2.38 bits per heavy atom. The average molecular weight is 219 g/mol. The number of nitrogen functional groups attached to an aromatic ring is 1. The monoisotopic (exact) mass is 219 g/mol. The van der Waals surface area contributed by atoms with Gasteiger partial charge in [-0.1, -0.05) is 13.3 Å². The summed E-state index contributed by atoms with van der Waals surface area (Å²) >= 11 is 0. The first kappa shape index (κ1) is 12.6. The smallest absolute Gasteiger partial charge is 0.122 e. The summed E-state index contributed by atoms with van der Waals surface area (Å²) in [5, 5.41) is 7.33. The van der Waals surface area contributed by atoms with Crippen LogP contribution in [-0.4, -0.2) is 18.9 Å². The zero-order valence-electron chi connectivity index (χ0n) is 10.3. The Bertz CT molecular complexity index is 343. The number of hydrogen-bond donors (Lipinski definition) is 2. The lowest BCUT2D eigenvalue weighted by Crippen LogP contribution is -2.28. The van der Waals surface area contributed by atoms with Crippen molar-refractivity contribution in [3.05, 3.63) is 29.8 Å². The van der Waals surface area contributed by atoms with Crippen molar-refractivity contribution in [2.45, 2.75) is 32.7 Å². The van der Waals surface area contributed by atoms with Crippen molar-refractivity contribution in [3.8, 4) is 0 Å². The van der Waals surface area contributed by atoms with Crippen molar-refractivity contribution < 1.29 is 0 Å². The summed E-state index contributed by atoms with van der Waals surface area (Å²) in [5.41, 5.74) is 7.37. The molecule has 0 bridgehead atoms. The number of nitrogens with zero attached hydrogens (tertiary/aromatic N) is 1. The van der Waals surface area contributed by atoms with Crippen LogP contribution < -0.4 is 10.6 Å². The Morgan fingerprint density at radius 1 is 1.38 bits per heavy atom. The SMILES string of the molecule is CCCC(C)N(C)c1ccc(C(=N)N)cc1. The molecular weight excluding hydrogens is 198 g/mol. The lowest BCUT2D eigenvalue weighted by molar-refractivity contribution is 0.616. The minimum Gasteiger partial charge on any atom is -0.384 e. The van der Waals surface area contributed by atoms with Crippen LogP contribution >= 0.6 is 0 Å². The number of rotatable bonds is 5. The van der Waals surface area contributed by atoms with Crippen LogP contribution in [0.1, 0.15) is 32.3 Å². The maximum absolute atomic E-state index is 7.33. The molecule has 0 saturated carbocycles. The molecule has 0 heterocycles. The molecule has 3 heteroatoms. The molecule has 1 aromatic carbocycles. The fourth-order valence-electron chi connectivity index (χ4n) is 1.74. The molecule has 0 amide bonds. The predicted molar refractivity (Wildman–Crippen MR) is 70.2 cm³/mol. The molecule has 88 valence electrons. The quantitative estimate of drug-likeness (QED) is 0.591. The van der Waals surface area contributed by atoms with Gasteiger partial charge in [-0.25, -0.2) is 0 Å². The van der Waals surface area contributed by atoms with Crippen molar-refractivity contribution in [2.75, 3.05) is 11.9 Å². The molecule has 0 spiro atoms. The van der Waals surface area contributed by atoms with Gasteiger partial charge in [0.1, 0.15) is 5.84 Å². The zero-order valence-corrected chi connectivity index (χ0v) is 10.3. The lowest BCUT2D eigenvalue weighted by Gasteiger charge is -2.26. The molecule has 0 aromatic heterocycles. The van der Waals surface area contributed by atoms with Gasteiger partial charge in [-0.3, -0.25) is 5.41 Å². The van der Waals surface area contributed by atoms with Crippen LogP contribution in [0.15, 0.2) is 24.3 Å². The Kier molecular flexibility index (Phi) is 4.35. The summed E-state index contributed by atoms with van der Waals surface area (Å²) in [6.07, 6.45) is 2.38. The maximum Gasteiger partial charge on any atom is 0.122 e. The Balaban J connectivity index is 2.77. The van der Waals surface area contributed by atoms with Crippen LogP contribution in [0.25, 0.3) is 0 Å². The first-order valence-corrected chi connectivity index (χ1v) is 5.73. The van der Waals surface area contributed by atoms with E-state index in [2.05, 4.69) is 25.8 Å². The molecule has 3 nitrogen and oxygen atoms in total. The fourth-order valence-corrected chi connectivity index (χ4v) is 1.74. The molecule has 0 aliphatic heterocycles. The second kappa shape index (κ2) is 5.54. The van der Waals surface area contributed by atoms with Crippen molar-refractivity contribution >= 4 is 11.5 Å². The van der Waals surface area contributed by atoms with Crippen LogP contribution in [0.3, 0.4) is 0 Å². The molecule has 1 atom stereocenters. The normalized spacial score (nSPS) is 12.2. The summed E-state index contributed by atoms with van der Waals surface area (Å²) in [4.78, 5) is 2.26. The third-order valence-corrected chi connectivity index (χ3v) is 2.95. The summed E-state index contributed by atoms with van der Waals surface area (Å²) in [6, 6.07) is 8.36. The van der Waals surface area contributed by atoms with Gasteiger partial charge in [-0.15, -0.1) is 0 Å². The van der Waals surface area contributed by atoms with E-state index in [4.69, 9.17) is 11.1 Å². The fraction of sp³-hybridized carbons (Fsp3) is 0.462. The highest BCUT2D eigenvalue weighted by molar-refractivity contribution is 5.95. The lowest BCUT2D eigenvalue weighted by atomic mass is 10.1. The number of nitrogens with one attached hydrogen (secondary N) is 1. The van der Waals surface area contributed by atoms with Gasteiger partial charge in [0.15, 0.2) is 0 Å². The average Bonchev–Trinajstić information content (AvgIpc) is 2.28. The van der Waals surface area contributed by atoms with E-state index < -0.39 is 0 Å². The van der Waals surface area contributed by atoms with Gasteiger partial charge in [0.05, 0.1) is 0 Å². The highest BCUT2D eigenvalue weighted by Crippen LogP contribution is 2.17. The van der Waals surface area contributed by atoms with E-state index in [1.807, 2.05) is 24.3 Å². The number of nitrogens with two attached hydrogens (primary N) is 1. The summed E-state index contributed by atoms with van der Waals surface area (Å²) in [7, 11) is 2.10. The summed E-state index contributed by atoms with van der Waals surface area (Å²) < 4.78 is 0. The summed E-state index contributed by atoms with van der Waals surface area (Å²) in [5.74, 6) is 0.121. The van der Waals surface area contributed by atoms with Crippen molar-refractivity contribution in [1.29, 1.82) is 5.41 Å². The van der Waals surface area contributed by atoms with E-state index in [1.54, 1.807) is 0 Å². The molecule has 0 saturated heterocycles. The Morgan fingerprint density at radius 2 is 1.94 bits per heavy atom. The number of hydrogen-bond acceptors (Lipinski definition) is 2. The van der Waals surface area contributed by atoms with Crippen LogP contribution in [0, 0.1) is 5.41 Å². The van der Waals surface area contributed by atoms with E-state index in [-0.39, 0.29) is 5.84 Å². The Hall–Kier alpha value is -1.51. The van der Waals surface area contributed by atoms with Crippen molar-refractivity contribution in [2.24, 2.45) is 5.73 Å². The number of amidine groups is 1. The first-order chi connectivity index (χ1) is 7.56. The molecular formula is C13H21N3. The van der Waals surface area contributed by atoms with Crippen LogP contribution in [0.2, 0.25) is 0 Å². The first-order valence-electron chi connectivity index (χ1n) is 5.73. The van der Waals surface area contributed by atoms with Crippen molar-refractivity contribution in [1.82, 2.24) is 0 Å². The Labute approximate surface area is 97.8 Å². The van der Waals surface area contributed by atoms with Crippen LogP contribution in [-0.2, 0) is 0 Å². The molecule has 0 aliphatic rings. The van der Waals surface area contributed by atoms with Gasteiger partial charge >= 0.3 is 0 Å². The largest absolute Gasteiger partial charge is 0.384 e. The summed E-state index contributed by atoms with van der Waals surface area (Å²) in [6.45, 7) is 4.42. The molecule has 16 heavy (non-hydrogen) atoms. The molecule has 0 aliphatic carbocycles. The van der Waals surface area contributed by atoms with Gasteiger partial charge < -0.3 is 10.6 Å². The van der Waals surface area contributed by atoms with E-state index in [0.29, 0.717) is 6.04 Å². The van der Waals surface area contributed by atoms with E-state index in [1.165, 1.54) is 18.5 Å². The predicted octanol–water partition coefficient (Wildman–Crippen LogP) is 2.60. The highest BCUT2D eigenvalue weighted by atomic mass is 15.1. The molecule has 0 fully saturated rings. The van der Waals surface area contributed by atoms with Gasteiger partial charge in [0, 0.05) is 24.3 Å². The number of benzene rings is 1. The second-order valence-corrected chi connectivity index (χ2v) is 4.21. The molecule has 3 N–H and O–H groups in total. The molecule has 0 radical (unpaired) electrons. The standard InChI is InChI=1S/C13H21N3/c1-4-5-10(2)16(3)12-8-6-11(7-9-12)13(14)15/h6-10H,4-5H2,1-3H3,(H3,14,15). The van der Waals surface area contributed by atoms with Gasteiger partial charge in [0.25, 0.3) is 0 Å². The molecule has 1 unspecified atom stereocenters. The molecule has 1 rings (SSSR count). The van der Waals surface area contributed by atoms with Gasteiger partial charge in [-0.05, 0) is 37.6 Å². The van der Waals surface area contributed by atoms with E-state index in [0.717, 1.165) is 5.56 Å².